The van der Waals surface area contributed by atoms with Crippen molar-refractivity contribution in [3.63, 3.8) is 0 Å². The number of hydrogen-bond donors (Lipinski definition) is 1. The Hall–Kier alpha value is -3.52. The van der Waals surface area contributed by atoms with Gasteiger partial charge >= 0.3 is 0 Å². The van der Waals surface area contributed by atoms with Crippen LogP contribution in [-0.2, 0) is 0 Å². The minimum absolute atomic E-state index is 0.0814. The largest absolute Gasteiger partial charge is 0.481 e. The van der Waals surface area contributed by atoms with Crippen molar-refractivity contribution >= 4 is 33.1 Å². The van der Waals surface area contributed by atoms with Crippen LogP contribution in [0.25, 0.3) is 15.9 Å². The summed E-state index contributed by atoms with van der Waals surface area (Å²) in [5.74, 6) is -0.0193. The van der Waals surface area contributed by atoms with Crippen molar-refractivity contribution in [3.8, 4) is 11.6 Å². The highest BCUT2D eigenvalue weighted by Crippen LogP contribution is 2.24. The molecule has 3 aromatic heterocycles. The fourth-order valence-electron chi connectivity index (χ4n) is 3.06. The maximum Gasteiger partial charge on any atom is 0.268 e. The third kappa shape index (κ3) is 3.62. The van der Waals surface area contributed by atoms with E-state index in [-0.39, 0.29) is 5.56 Å². The molecule has 3 heterocycles. The Bertz CT molecular complexity index is 1280. The van der Waals surface area contributed by atoms with Crippen molar-refractivity contribution in [1.82, 2.24) is 14.5 Å². The van der Waals surface area contributed by atoms with Crippen LogP contribution >= 0.6 is 11.3 Å². The number of pyridine rings is 2. The van der Waals surface area contributed by atoms with Gasteiger partial charge in [-0.25, -0.2) is 9.97 Å². The number of fused-ring (bicyclic) bond motifs is 1. The monoisotopic (exact) mass is 406 g/mol. The zero-order chi connectivity index (χ0) is 20.5. The molecule has 4 rings (SSSR count). The van der Waals surface area contributed by atoms with Gasteiger partial charge in [0.2, 0.25) is 5.88 Å². The molecule has 0 radical (unpaired) electrons. The number of nitrogens with zero attached hydrogens (tertiary/aromatic N) is 3. The average Bonchev–Trinajstić information content (AvgIpc) is 3.07. The maximum atomic E-state index is 13.0. The second kappa shape index (κ2) is 7.48. The lowest BCUT2D eigenvalue weighted by Gasteiger charge is -2.11. The van der Waals surface area contributed by atoms with E-state index in [4.69, 9.17) is 4.74 Å². The average molecular weight is 406 g/mol. The van der Waals surface area contributed by atoms with Gasteiger partial charge in [-0.05, 0) is 49.7 Å². The molecule has 0 spiro atoms. The van der Waals surface area contributed by atoms with E-state index >= 15 is 0 Å². The normalized spacial score (nSPS) is 10.9. The first kappa shape index (κ1) is 18.8. The Morgan fingerprint density at radius 1 is 1.17 bits per heavy atom. The highest BCUT2D eigenvalue weighted by Gasteiger charge is 2.17. The number of amides is 1. The Balaban J connectivity index is 1.69. The minimum Gasteiger partial charge on any atom is -0.481 e. The summed E-state index contributed by atoms with van der Waals surface area (Å²) in [6, 6.07) is 10.6. The van der Waals surface area contributed by atoms with Gasteiger partial charge in [0.25, 0.3) is 11.5 Å². The van der Waals surface area contributed by atoms with Gasteiger partial charge in [0.1, 0.15) is 5.56 Å². The molecule has 0 atom stereocenters. The predicted molar refractivity (Wildman–Crippen MR) is 113 cm³/mol. The predicted octanol–water partition coefficient (Wildman–Crippen LogP) is 3.72. The zero-order valence-corrected chi connectivity index (χ0v) is 16.9. The molecule has 8 heteroatoms. The molecule has 0 aliphatic rings. The van der Waals surface area contributed by atoms with Crippen LogP contribution < -0.4 is 15.6 Å². The number of aryl methyl sites for hydroxylation is 2. The summed E-state index contributed by atoms with van der Waals surface area (Å²) >= 11 is 1.59. The maximum absolute atomic E-state index is 13.0. The molecule has 0 unspecified atom stereocenters. The lowest BCUT2D eigenvalue weighted by atomic mass is 10.1. The van der Waals surface area contributed by atoms with Gasteiger partial charge in [-0.15, -0.1) is 11.3 Å². The molecular weight excluding hydrogens is 388 g/mol. The van der Waals surface area contributed by atoms with E-state index in [9.17, 15) is 9.59 Å². The molecule has 1 N–H and O–H groups in total. The molecule has 0 bridgehead atoms. The standard InChI is InChI=1S/C21H18N4O3S/c1-12-8-9-25(15-5-7-18(28-3)22-11-15)21(27)19(12)20(26)24-14-4-6-17-16(10-14)23-13(2)29-17/h4-11H,1-3H3,(H,24,26). The van der Waals surface area contributed by atoms with E-state index in [0.717, 1.165) is 15.2 Å². The Kier molecular flexibility index (Phi) is 4.85. The van der Waals surface area contributed by atoms with Gasteiger partial charge in [0, 0.05) is 18.0 Å². The highest BCUT2D eigenvalue weighted by atomic mass is 32.1. The van der Waals surface area contributed by atoms with E-state index in [1.165, 1.54) is 17.9 Å². The first-order valence-electron chi connectivity index (χ1n) is 8.87. The number of anilines is 1. The van der Waals surface area contributed by atoms with Crippen LogP contribution in [0.2, 0.25) is 0 Å². The van der Waals surface area contributed by atoms with Crippen molar-refractivity contribution in [2.75, 3.05) is 12.4 Å². The van der Waals surface area contributed by atoms with Crippen LogP contribution in [0, 0.1) is 13.8 Å². The van der Waals surface area contributed by atoms with E-state index in [2.05, 4.69) is 15.3 Å². The number of benzene rings is 1. The van der Waals surface area contributed by atoms with Gasteiger partial charge in [-0.2, -0.15) is 0 Å². The van der Waals surface area contributed by atoms with Crippen molar-refractivity contribution in [1.29, 1.82) is 0 Å². The number of aromatic nitrogens is 3. The van der Waals surface area contributed by atoms with E-state index in [0.29, 0.717) is 22.8 Å². The van der Waals surface area contributed by atoms with E-state index < -0.39 is 11.5 Å². The molecule has 1 aromatic carbocycles. The molecule has 0 aliphatic carbocycles. The number of methoxy groups -OCH3 is 1. The summed E-state index contributed by atoms with van der Waals surface area (Å²) in [6.07, 6.45) is 3.15. The van der Waals surface area contributed by atoms with Gasteiger partial charge < -0.3 is 10.1 Å². The second-order valence-corrected chi connectivity index (χ2v) is 7.71. The molecule has 0 fully saturated rings. The number of carbonyl (C=O) groups excluding carboxylic acids is 1. The van der Waals surface area contributed by atoms with Crippen LogP contribution in [0.5, 0.6) is 5.88 Å². The molecule has 0 aliphatic heterocycles. The molecule has 146 valence electrons. The fraction of sp³-hybridized carbons (Fsp3) is 0.143. The summed E-state index contributed by atoms with van der Waals surface area (Å²) in [7, 11) is 1.52. The summed E-state index contributed by atoms with van der Waals surface area (Å²) in [4.78, 5) is 34.5. The van der Waals surface area contributed by atoms with E-state index in [1.807, 2.05) is 19.1 Å². The second-order valence-electron chi connectivity index (χ2n) is 6.48. The van der Waals surface area contributed by atoms with Gasteiger partial charge in [0.05, 0.1) is 34.2 Å². The molecule has 4 aromatic rings. The third-order valence-electron chi connectivity index (χ3n) is 4.49. The van der Waals surface area contributed by atoms with E-state index in [1.54, 1.807) is 48.7 Å². The SMILES string of the molecule is COc1ccc(-n2ccc(C)c(C(=O)Nc3ccc4sc(C)nc4c3)c2=O)cn1. The first-order valence-corrected chi connectivity index (χ1v) is 9.69. The highest BCUT2D eigenvalue weighted by molar-refractivity contribution is 7.18. The molecule has 7 nitrogen and oxygen atoms in total. The van der Waals surface area contributed by atoms with Gasteiger partial charge in [-0.3, -0.25) is 14.2 Å². The molecule has 1 amide bonds. The van der Waals surface area contributed by atoms with Crippen LogP contribution in [0.15, 0.2) is 53.6 Å². The Labute approximate surface area is 170 Å². The zero-order valence-electron chi connectivity index (χ0n) is 16.1. The number of hydrogen-bond acceptors (Lipinski definition) is 6. The Morgan fingerprint density at radius 3 is 2.72 bits per heavy atom. The number of ether oxygens (including phenoxy) is 1. The Morgan fingerprint density at radius 2 is 2.00 bits per heavy atom. The van der Waals surface area contributed by atoms with Crippen LogP contribution in [-0.4, -0.2) is 27.6 Å². The first-order chi connectivity index (χ1) is 14.0. The lowest BCUT2D eigenvalue weighted by molar-refractivity contribution is 0.102. The van der Waals surface area contributed by atoms with Crippen molar-refractivity contribution in [3.05, 3.63) is 75.3 Å². The molecule has 0 saturated carbocycles. The van der Waals surface area contributed by atoms with Crippen LogP contribution in [0.4, 0.5) is 5.69 Å². The summed E-state index contributed by atoms with van der Waals surface area (Å²) < 4.78 is 7.48. The van der Waals surface area contributed by atoms with Gasteiger partial charge in [0.15, 0.2) is 0 Å². The molecular formula is C21H18N4O3S. The topological polar surface area (TPSA) is 86.1 Å². The number of thiazole rings is 1. The van der Waals surface area contributed by atoms with Crippen LogP contribution in [0.3, 0.4) is 0 Å². The van der Waals surface area contributed by atoms with Crippen molar-refractivity contribution in [2.45, 2.75) is 13.8 Å². The summed E-state index contributed by atoms with van der Waals surface area (Å²) in [6.45, 7) is 3.67. The summed E-state index contributed by atoms with van der Waals surface area (Å²) in [5, 5.41) is 3.77. The summed E-state index contributed by atoms with van der Waals surface area (Å²) in [5.41, 5.74) is 2.21. The minimum atomic E-state index is -0.463. The molecule has 0 saturated heterocycles. The van der Waals surface area contributed by atoms with Gasteiger partial charge in [-0.1, -0.05) is 0 Å². The number of nitrogens with one attached hydrogen (secondary N) is 1. The van der Waals surface area contributed by atoms with Crippen molar-refractivity contribution in [2.24, 2.45) is 0 Å². The third-order valence-corrected chi connectivity index (χ3v) is 5.44. The lowest BCUT2D eigenvalue weighted by Crippen LogP contribution is -2.29. The number of carbonyl (C=O) groups is 1. The fourth-order valence-corrected chi connectivity index (χ4v) is 3.86. The molecule has 29 heavy (non-hydrogen) atoms. The number of rotatable bonds is 4. The smallest absolute Gasteiger partial charge is 0.268 e. The van der Waals surface area contributed by atoms with Crippen molar-refractivity contribution < 1.29 is 9.53 Å². The van der Waals surface area contributed by atoms with Crippen LogP contribution in [0.1, 0.15) is 20.9 Å². The quantitative estimate of drug-likeness (QED) is 0.558.